The molecule has 2 aromatic heterocycles. The van der Waals surface area contributed by atoms with Crippen LogP contribution in [0.5, 0.6) is 11.6 Å². The molecule has 3 N–H and O–H groups in total. The lowest BCUT2D eigenvalue weighted by molar-refractivity contribution is 0.470. The van der Waals surface area contributed by atoms with Gasteiger partial charge in [-0.1, -0.05) is 48.0 Å². The van der Waals surface area contributed by atoms with Gasteiger partial charge in [-0.25, -0.2) is 9.97 Å². The highest BCUT2D eigenvalue weighted by atomic mass is 35.5. The van der Waals surface area contributed by atoms with E-state index in [9.17, 15) is 0 Å². The van der Waals surface area contributed by atoms with Gasteiger partial charge in [-0.2, -0.15) is 4.98 Å². The fourth-order valence-electron chi connectivity index (χ4n) is 2.52. The molecule has 2 aromatic carbocycles. The number of pyridine rings is 1. The van der Waals surface area contributed by atoms with Crippen molar-refractivity contribution in [1.29, 1.82) is 0 Å². The Morgan fingerprint density at radius 1 is 0.923 bits per heavy atom. The van der Waals surface area contributed by atoms with E-state index < -0.39 is 0 Å². The van der Waals surface area contributed by atoms with Gasteiger partial charge in [0.15, 0.2) is 5.82 Å². The van der Waals surface area contributed by atoms with Crippen LogP contribution in [-0.4, -0.2) is 15.0 Å². The summed E-state index contributed by atoms with van der Waals surface area (Å²) in [6, 6.07) is 17.2. The molecule has 2 heterocycles. The molecule has 0 fully saturated rings. The molecule has 4 rings (SSSR count). The van der Waals surface area contributed by atoms with E-state index in [1.807, 2.05) is 42.5 Å². The van der Waals surface area contributed by atoms with Crippen molar-refractivity contribution in [2.75, 3.05) is 11.1 Å². The van der Waals surface area contributed by atoms with Crippen molar-refractivity contribution in [2.24, 2.45) is 0 Å². The number of nitrogens with one attached hydrogen (secondary N) is 1. The van der Waals surface area contributed by atoms with Gasteiger partial charge in [-0.05, 0) is 23.6 Å². The summed E-state index contributed by atoms with van der Waals surface area (Å²) in [7, 11) is 0. The van der Waals surface area contributed by atoms with Gasteiger partial charge >= 0.3 is 0 Å². The van der Waals surface area contributed by atoms with Crippen LogP contribution in [0.2, 0.25) is 5.02 Å². The molecule has 7 heteroatoms. The highest BCUT2D eigenvalue weighted by molar-refractivity contribution is 6.30. The minimum Gasteiger partial charge on any atom is -0.436 e. The molecule has 0 atom stereocenters. The van der Waals surface area contributed by atoms with Crippen molar-refractivity contribution in [2.45, 2.75) is 0 Å². The zero-order chi connectivity index (χ0) is 17.9. The van der Waals surface area contributed by atoms with Gasteiger partial charge in [0.1, 0.15) is 23.6 Å². The Morgan fingerprint density at radius 2 is 1.77 bits per heavy atom. The van der Waals surface area contributed by atoms with Crippen LogP contribution in [0.3, 0.4) is 0 Å². The van der Waals surface area contributed by atoms with Gasteiger partial charge in [0, 0.05) is 11.6 Å². The zero-order valence-electron chi connectivity index (χ0n) is 13.6. The Labute approximate surface area is 154 Å². The number of hydrogen-bond acceptors (Lipinski definition) is 6. The summed E-state index contributed by atoms with van der Waals surface area (Å²) in [6.45, 7) is 0. The van der Waals surface area contributed by atoms with Gasteiger partial charge in [-0.3, -0.25) is 0 Å². The van der Waals surface area contributed by atoms with Gasteiger partial charge < -0.3 is 15.8 Å². The molecular formula is C19H14ClN5O. The summed E-state index contributed by atoms with van der Waals surface area (Å²) in [5.74, 6) is 1.91. The first kappa shape index (κ1) is 16.1. The fraction of sp³-hybridized carbons (Fsp3) is 0. The standard InChI is InChI=1S/C19H14ClN5O/c20-13-8-9-16(22-10-13)25-18-17(21)19(24-11-23-18)26-15-7-3-5-12-4-1-2-6-14(12)15/h1-11H,21H2,(H,22,23,24,25). The quantitative estimate of drug-likeness (QED) is 0.541. The maximum absolute atomic E-state index is 6.19. The largest absolute Gasteiger partial charge is 0.436 e. The minimum absolute atomic E-state index is 0.271. The molecule has 0 saturated heterocycles. The molecule has 0 aliphatic carbocycles. The average molecular weight is 364 g/mol. The lowest BCUT2D eigenvalue weighted by Gasteiger charge is -2.12. The average Bonchev–Trinajstić information content (AvgIpc) is 2.67. The molecule has 0 aliphatic heterocycles. The second-order valence-corrected chi connectivity index (χ2v) is 5.94. The number of anilines is 3. The first-order chi connectivity index (χ1) is 12.7. The Balaban J connectivity index is 1.66. The van der Waals surface area contributed by atoms with Crippen LogP contribution in [0.1, 0.15) is 0 Å². The van der Waals surface area contributed by atoms with E-state index in [-0.39, 0.29) is 11.6 Å². The molecular weight excluding hydrogens is 350 g/mol. The molecule has 128 valence electrons. The van der Waals surface area contributed by atoms with E-state index in [1.165, 1.54) is 12.5 Å². The Morgan fingerprint density at radius 3 is 2.62 bits per heavy atom. The van der Waals surface area contributed by atoms with Crippen LogP contribution in [0.25, 0.3) is 10.8 Å². The number of ether oxygens (including phenoxy) is 1. The lowest BCUT2D eigenvalue weighted by Crippen LogP contribution is -2.04. The van der Waals surface area contributed by atoms with Crippen LogP contribution in [0, 0.1) is 0 Å². The summed E-state index contributed by atoms with van der Waals surface area (Å²) >= 11 is 5.85. The Kier molecular flexibility index (Phi) is 4.25. The molecule has 0 bridgehead atoms. The number of hydrogen-bond donors (Lipinski definition) is 2. The van der Waals surface area contributed by atoms with Crippen molar-refractivity contribution >= 4 is 39.7 Å². The number of nitrogen functional groups attached to an aromatic ring is 1. The summed E-state index contributed by atoms with van der Waals surface area (Å²) in [5.41, 5.74) is 6.48. The van der Waals surface area contributed by atoms with E-state index >= 15 is 0 Å². The molecule has 0 saturated carbocycles. The molecule has 6 nitrogen and oxygen atoms in total. The Bertz CT molecular complexity index is 1060. The summed E-state index contributed by atoms with van der Waals surface area (Å²) in [4.78, 5) is 12.5. The van der Waals surface area contributed by atoms with Crippen molar-refractivity contribution in [3.05, 3.63) is 72.1 Å². The predicted molar refractivity (Wildman–Crippen MR) is 103 cm³/mol. The topological polar surface area (TPSA) is 86.0 Å². The number of rotatable bonds is 4. The van der Waals surface area contributed by atoms with Gasteiger partial charge in [0.25, 0.3) is 0 Å². The number of nitrogens with zero attached hydrogens (tertiary/aromatic N) is 3. The van der Waals surface area contributed by atoms with E-state index in [4.69, 9.17) is 22.1 Å². The summed E-state index contributed by atoms with van der Waals surface area (Å²) in [5, 5.41) is 5.63. The van der Waals surface area contributed by atoms with E-state index in [0.717, 1.165) is 10.8 Å². The van der Waals surface area contributed by atoms with Gasteiger partial charge in [0.2, 0.25) is 5.88 Å². The number of fused-ring (bicyclic) bond motifs is 1. The first-order valence-corrected chi connectivity index (χ1v) is 8.23. The molecule has 26 heavy (non-hydrogen) atoms. The SMILES string of the molecule is Nc1c(Nc2ccc(Cl)cn2)ncnc1Oc1cccc2ccccc12. The molecule has 0 radical (unpaired) electrons. The van der Waals surface area contributed by atoms with Crippen LogP contribution < -0.4 is 15.8 Å². The number of benzene rings is 2. The normalized spacial score (nSPS) is 10.7. The van der Waals surface area contributed by atoms with Crippen LogP contribution in [0.15, 0.2) is 67.1 Å². The minimum atomic E-state index is 0.271. The highest BCUT2D eigenvalue weighted by Crippen LogP contribution is 2.34. The number of halogens is 1. The van der Waals surface area contributed by atoms with Gasteiger partial charge in [0.05, 0.1) is 5.02 Å². The third-order valence-corrected chi connectivity index (χ3v) is 4.00. The van der Waals surface area contributed by atoms with E-state index in [2.05, 4.69) is 20.3 Å². The summed E-state index contributed by atoms with van der Waals surface area (Å²) < 4.78 is 5.96. The fourth-order valence-corrected chi connectivity index (χ4v) is 2.63. The predicted octanol–water partition coefficient (Wildman–Crippen LogP) is 4.80. The maximum Gasteiger partial charge on any atom is 0.248 e. The van der Waals surface area contributed by atoms with E-state index in [1.54, 1.807) is 12.1 Å². The third-order valence-electron chi connectivity index (χ3n) is 3.78. The van der Waals surface area contributed by atoms with Crippen molar-refractivity contribution < 1.29 is 4.74 Å². The molecule has 0 spiro atoms. The number of aromatic nitrogens is 3. The van der Waals surface area contributed by atoms with Crippen LogP contribution in [0.4, 0.5) is 17.3 Å². The molecule has 0 aliphatic rings. The lowest BCUT2D eigenvalue weighted by atomic mass is 10.1. The highest BCUT2D eigenvalue weighted by Gasteiger charge is 2.12. The zero-order valence-corrected chi connectivity index (χ0v) is 14.3. The molecule has 0 unspecified atom stereocenters. The van der Waals surface area contributed by atoms with Crippen LogP contribution in [-0.2, 0) is 0 Å². The summed E-state index contributed by atoms with van der Waals surface area (Å²) in [6.07, 6.45) is 2.92. The van der Waals surface area contributed by atoms with E-state index in [0.29, 0.717) is 22.4 Å². The van der Waals surface area contributed by atoms with Crippen molar-refractivity contribution in [3.63, 3.8) is 0 Å². The second kappa shape index (κ2) is 6.85. The first-order valence-electron chi connectivity index (χ1n) is 7.85. The smallest absolute Gasteiger partial charge is 0.248 e. The van der Waals surface area contributed by atoms with Crippen molar-refractivity contribution in [3.8, 4) is 11.6 Å². The third kappa shape index (κ3) is 3.22. The molecule has 0 amide bonds. The second-order valence-electron chi connectivity index (χ2n) is 5.51. The Hall–Kier alpha value is -3.38. The monoisotopic (exact) mass is 363 g/mol. The number of nitrogens with two attached hydrogens (primary N) is 1. The van der Waals surface area contributed by atoms with Crippen molar-refractivity contribution in [1.82, 2.24) is 15.0 Å². The van der Waals surface area contributed by atoms with Gasteiger partial charge in [-0.15, -0.1) is 0 Å². The van der Waals surface area contributed by atoms with Crippen LogP contribution >= 0.6 is 11.6 Å². The maximum atomic E-state index is 6.19. The molecule has 4 aromatic rings.